The SMILES string of the molecule is C=C1CCC(O[Si](C)(C)C(C)(C)C)c2nnn(Cc3ccc(C(F)(F)F)cc3)c21. The van der Waals surface area contributed by atoms with Crippen LogP contribution in [0.3, 0.4) is 0 Å². The number of fused-ring (bicyclic) bond motifs is 1. The highest BCUT2D eigenvalue weighted by atomic mass is 28.4. The molecular weight excluding hydrogens is 395 g/mol. The van der Waals surface area contributed by atoms with Crippen molar-refractivity contribution in [1.29, 1.82) is 0 Å². The van der Waals surface area contributed by atoms with Crippen molar-refractivity contribution in [2.24, 2.45) is 0 Å². The summed E-state index contributed by atoms with van der Waals surface area (Å²) in [6.45, 7) is 15.5. The standard InChI is InChI=1S/C21H28F3N3OSi/c1-14-7-12-17(28-29(5,6)20(2,3)4)18-19(14)27(26-25-18)13-15-8-10-16(11-9-15)21(22,23)24/h8-11,17H,1,7,12-13H2,2-6H3. The van der Waals surface area contributed by atoms with E-state index in [1.807, 2.05) is 0 Å². The van der Waals surface area contributed by atoms with Crippen molar-refractivity contribution in [2.75, 3.05) is 0 Å². The first-order valence-corrected chi connectivity index (χ1v) is 12.7. The highest BCUT2D eigenvalue weighted by molar-refractivity contribution is 6.74. The number of rotatable bonds is 4. The third-order valence-corrected chi connectivity index (χ3v) is 10.5. The second-order valence-corrected chi connectivity index (χ2v) is 13.9. The van der Waals surface area contributed by atoms with E-state index in [9.17, 15) is 13.2 Å². The maximum Gasteiger partial charge on any atom is 0.416 e. The fourth-order valence-electron chi connectivity index (χ4n) is 3.20. The van der Waals surface area contributed by atoms with Crippen LogP contribution in [-0.4, -0.2) is 23.3 Å². The Morgan fingerprint density at radius 2 is 1.79 bits per heavy atom. The van der Waals surface area contributed by atoms with E-state index in [1.165, 1.54) is 12.1 Å². The van der Waals surface area contributed by atoms with Crippen LogP contribution in [0.1, 0.15) is 62.2 Å². The zero-order chi connectivity index (χ0) is 21.6. The number of hydrogen-bond acceptors (Lipinski definition) is 3. The van der Waals surface area contributed by atoms with Gasteiger partial charge in [-0.05, 0) is 54.2 Å². The molecule has 1 heterocycles. The maximum atomic E-state index is 12.8. The molecule has 0 spiro atoms. The highest BCUT2D eigenvalue weighted by Gasteiger charge is 2.41. The molecule has 0 radical (unpaired) electrons. The summed E-state index contributed by atoms with van der Waals surface area (Å²) in [6, 6.07) is 5.14. The lowest BCUT2D eigenvalue weighted by Crippen LogP contribution is -2.42. The summed E-state index contributed by atoms with van der Waals surface area (Å²) in [4.78, 5) is 0. The Morgan fingerprint density at radius 1 is 1.17 bits per heavy atom. The summed E-state index contributed by atoms with van der Waals surface area (Å²) < 4.78 is 46.7. The Morgan fingerprint density at radius 3 is 2.34 bits per heavy atom. The molecule has 0 N–H and O–H groups in total. The van der Waals surface area contributed by atoms with Gasteiger partial charge in [-0.15, -0.1) is 5.10 Å². The van der Waals surface area contributed by atoms with Crippen LogP contribution in [0, 0.1) is 0 Å². The first-order chi connectivity index (χ1) is 13.3. The minimum absolute atomic E-state index is 0.0812. The summed E-state index contributed by atoms with van der Waals surface area (Å²) >= 11 is 0. The first-order valence-electron chi connectivity index (χ1n) is 9.75. The van der Waals surface area contributed by atoms with E-state index >= 15 is 0 Å². The molecule has 1 aliphatic carbocycles. The van der Waals surface area contributed by atoms with Crippen LogP contribution in [0.5, 0.6) is 0 Å². The Labute approximate surface area is 170 Å². The molecule has 3 rings (SSSR count). The van der Waals surface area contributed by atoms with E-state index < -0.39 is 20.1 Å². The molecule has 4 nitrogen and oxygen atoms in total. The molecule has 1 aromatic carbocycles. The third-order valence-electron chi connectivity index (χ3n) is 5.97. The minimum atomic E-state index is -4.34. The largest absolute Gasteiger partial charge is 0.416 e. The average molecular weight is 424 g/mol. The fraction of sp³-hybridized carbons (Fsp3) is 0.524. The predicted molar refractivity (Wildman–Crippen MR) is 110 cm³/mol. The summed E-state index contributed by atoms with van der Waals surface area (Å²) in [5.74, 6) is 0. The Kier molecular flexibility index (Phi) is 5.55. The van der Waals surface area contributed by atoms with E-state index in [-0.39, 0.29) is 11.1 Å². The van der Waals surface area contributed by atoms with Gasteiger partial charge in [0.25, 0.3) is 0 Å². The van der Waals surface area contributed by atoms with Crippen LogP contribution >= 0.6 is 0 Å². The lowest BCUT2D eigenvalue weighted by Gasteiger charge is -2.40. The maximum absolute atomic E-state index is 12.8. The van der Waals surface area contributed by atoms with Crippen LogP contribution < -0.4 is 0 Å². The van der Waals surface area contributed by atoms with Gasteiger partial charge < -0.3 is 4.43 Å². The Bertz CT molecular complexity index is 895. The number of allylic oxidation sites excluding steroid dienone is 1. The van der Waals surface area contributed by atoms with Crippen molar-refractivity contribution < 1.29 is 17.6 Å². The van der Waals surface area contributed by atoms with Gasteiger partial charge in [-0.2, -0.15) is 13.2 Å². The van der Waals surface area contributed by atoms with E-state index in [4.69, 9.17) is 4.43 Å². The van der Waals surface area contributed by atoms with Crippen molar-refractivity contribution >= 4 is 13.9 Å². The molecule has 0 fully saturated rings. The molecule has 0 amide bonds. The Balaban J connectivity index is 1.85. The van der Waals surface area contributed by atoms with Crippen LogP contribution in [-0.2, 0) is 17.1 Å². The average Bonchev–Trinajstić information content (AvgIpc) is 3.01. The summed E-state index contributed by atoms with van der Waals surface area (Å²) in [6.07, 6.45) is -2.87. The summed E-state index contributed by atoms with van der Waals surface area (Å²) in [7, 11) is -1.99. The molecule has 29 heavy (non-hydrogen) atoms. The normalized spacial score (nSPS) is 18.1. The molecule has 0 saturated carbocycles. The van der Waals surface area contributed by atoms with Crippen molar-refractivity contribution in [3.8, 4) is 0 Å². The van der Waals surface area contributed by atoms with Gasteiger partial charge in [0.1, 0.15) is 5.69 Å². The van der Waals surface area contributed by atoms with E-state index in [0.29, 0.717) is 6.54 Å². The predicted octanol–water partition coefficient (Wildman–Crippen LogP) is 6.22. The molecule has 1 aliphatic rings. The number of alkyl halides is 3. The molecule has 0 saturated heterocycles. The van der Waals surface area contributed by atoms with Gasteiger partial charge in [-0.3, -0.25) is 0 Å². The van der Waals surface area contributed by atoms with Crippen LogP contribution in [0.15, 0.2) is 30.8 Å². The van der Waals surface area contributed by atoms with Gasteiger partial charge in [0.2, 0.25) is 0 Å². The molecule has 158 valence electrons. The molecule has 0 bridgehead atoms. The summed E-state index contributed by atoms with van der Waals surface area (Å²) in [5, 5.41) is 8.73. The van der Waals surface area contributed by atoms with Gasteiger partial charge in [0.05, 0.1) is 23.9 Å². The molecular formula is C21H28F3N3OSi. The number of aromatic nitrogens is 3. The number of halogens is 3. The van der Waals surface area contributed by atoms with E-state index in [2.05, 4.69) is 50.8 Å². The van der Waals surface area contributed by atoms with Gasteiger partial charge in [0.15, 0.2) is 8.32 Å². The molecule has 1 aromatic heterocycles. The molecule has 8 heteroatoms. The topological polar surface area (TPSA) is 39.9 Å². The van der Waals surface area contributed by atoms with Crippen molar-refractivity contribution in [3.63, 3.8) is 0 Å². The first kappa shape index (κ1) is 21.8. The van der Waals surface area contributed by atoms with Crippen molar-refractivity contribution in [2.45, 2.75) is 70.6 Å². The van der Waals surface area contributed by atoms with Gasteiger partial charge in [-0.1, -0.05) is 44.7 Å². The molecule has 0 aliphatic heterocycles. The van der Waals surface area contributed by atoms with E-state index in [1.54, 1.807) is 4.68 Å². The van der Waals surface area contributed by atoms with Gasteiger partial charge in [0, 0.05) is 0 Å². The zero-order valence-electron chi connectivity index (χ0n) is 17.6. The van der Waals surface area contributed by atoms with E-state index in [0.717, 1.165) is 47.5 Å². The fourth-order valence-corrected chi connectivity index (χ4v) is 4.49. The molecule has 1 atom stereocenters. The minimum Gasteiger partial charge on any atom is -0.408 e. The lowest BCUT2D eigenvalue weighted by molar-refractivity contribution is -0.137. The second-order valence-electron chi connectivity index (χ2n) is 9.18. The van der Waals surface area contributed by atoms with Crippen LogP contribution in [0.2, 0.25) is 18.1 Å². The third kappa shape index (κ3) is 4.48. The zero-order valence-corrected chi connectivity index (χ0v) is 18.6. The molecule has 1 unspecified atom stereocenters. The molecule has 2 aromatic rings. The second kappa shape index (κ2) is 7.39. The highest BCUT2D eigenvalue weighted by Crippen LogP contribution is 2.44. The van der Waals surface area contributed by atoms with Gasteiger partial charge in [-0.25, -0.2) is 4.68 Å². The smallest absolute Gasteiger partial charge is 0.408 e. The van der Waals surface area contributed by atoms with Crippen LogP contribution in [0.25, 0.3) is 5.57 Å². The lowest BCUT2D eigenvalue weighted by atomic mass is 9.94. The summed E-state index contributed by atoms with van der Waals surface area (Å²) in [5.41, 5.74) is 2.64. The quantitative estimate of drug-likeness (QED) is 0.549. The van der Waals surface area contributed by atoms with Crippen molar-refractivity contribution in [1.82, 2.24) is 15.0 Å². The van der Waals surface area contributed by atoms with Gasteiger partial charge >= 0.3 is 6.18 Å². The number of hydrogen-bond donors (Lipinski definition) is 0. The number of benzene rings is 1. The monoisotopic (exact) mass is 423 g/mol. The van der Waals surface area contributed by atoms with Crippen molar-refractivity contribution in [3.05, 3.63) is 53.4 Å². The van der Waals surface area contributed by atoms with Crippen LogP contribution in [0.4, 0.5) is 13.2 Å². The number of nitrogens with zero attached hydrogens (tertiary/aromatic N) is 3. The Hall–Kier alpha value is -1.93.